The molecule has 2 nitrogen and oxygen atoms in total. The average molecular weight is 919 g/mol. The standard InChI is InChI=1S/C70H50N2/c1-69(2)63-27-15-12-24-57(63)60-41-38-54(44-66(60)69)72(51-22-10-5-11-23-51)56-40-43-62-61-42-39-55(45-67(61)70(68(62)46-56)64-28-16-13-25-58(64)59-26-14-17-29-65(59)70)71(52-34-30-49(31-35-52)47-18-6-3-7-19-47)53-36-32-50(33-37-53)48-20-8-4-9-21-48/h3-46H,1-2H3. The van der Waals surface area contributed by atoms with Crippen molar-refractivity contribution in [2.75, 3.05) is 9.80 Å². The number of fused-ring (bicyclic) bond motifs is 13. The third kappa shape index (κ3) is 6.28. The Morgan fingerprint density at radius 2 is 0.514 bits per heavy atom. The van der Waals surface area contributed by atoms with Crippen LogP contribution in [-0.4, -0.2) is 0 Å². The summed E-state index contributed by atoms with van der Waals surface area (Å²) in [5.41, 5.74) is 26.4. The quantitative estimate of drug-likeness (QED) is 0.150. The van der Waals surface area contributed by atoms with Gasteiger partial charge in [-0.05, 0) is 162 Å². The molecule has 340 valence electrons. The number of para-hydroxylation sites is 1. The van der Waals surface area contributed by atoms with Gasteiger partial charge in [0.2, 0.25) is 0 Å². The van der Waals surface area contributed by atoms with Gasteiger partial charge >= 0.3 is 0 Å². The molecule has 3 aliphatic carbocycles. The number of hydrogen-bond acceptors (Lipinski definition) is 2. The Morgan fingerprint density at radius 3 is 0.972 bits per heavy atom. The van der Waals surface area contributed by atoms with Crippen molar-refractivity contribution in [2.45, 2.75) is 24.7 Å². The van der Waals surface area contributed by atoms with E-state index in [9.17, 15) is 0 Å². The predicted octanol–water partition coefficient (Wildman–Crippen LogP) is 18.6. The Morgan fingerprint density at radius 1 is 0.222 bits per heavy atom. The van der Waals surface area contributed by atoms with Gasteiger partial charge in [0.1, 0.15) is 0 Å². The molecular formula is C70H50N2. The summed E-state index contributed by atoms with van der Waals surface area (Å²) >= 11 is 0. The van der Waals surface area contributed by atoms with Crippen molar-refractivity contribution in [3.63, 3.8) is 0 Å². The van der Waals surface area contributed by atoms with Crippen molar-refractivity contribution >= 4 is 34.1 Å². The molecule has 72 heavy (non-hydrogen) atoms. The highest BCUT2D eigenvalue weighted by Gasteiger charge is 2.52. The molecule has 0 saturated heterocycles. The predicted molar refractivity (Wildman–Crippen MR) is 301 cm³/mol. The van der Waals surface area contributed by atoms with Crippen LogP contribution < -0.4 is 9.80 Å². The van der Waals surface area contributed by atoms with Crippen molar-refractivity contribution < 1.29 is 0 Å². The molecule has 0 atom stereocenters. The molecule has 0 aliphatic heterocycles. The molecule has 2 heteroatoms. The van der Waals surface area contributed by atoms with Crippen molar-refractivity contribution in [1.82, 2.24) is 0 Å². The fraction of sp³-hybridized carbons (Fsp3) is 0.0571. The van der Waals surface area contributed by atoms with Gasteiger partial charge < -0.3 is 9.80 Å². The molecule has 11 aromatic carbocycles. The summed E-state index contributed by atoms with van der Waals surface area (Å²) < 4.78 is 0. The lowest BCUT2D eigenvalue weighted by molar-refractivity contribution is 0.660. The van der Waals surface area contributed by atoms with Crippen LogP contribution in [-0.2, 0) is 10.8 Å². The van der Waals surface area contributed by atoms with Crippen LogP contribution in [0.15, 0.2) is 267 Å². The normalized spacial score (nSPS) is 13.6. The van der Waals surface area contributed by atoms with Crippen molar-refractivity contribution in [3.05, 3.63) is 300 Å². The van der Waals surface area contributed by atoms with Crippen molar-refractivity contribution in [3.8, 4) is 55.6 Å². The highest BCUT2D eigenvalue weighted by molar-refractivity contribution is 5.98. The minimum atomic E-state index is -0.589. The third-order valence-corrected chi connectivity index (χ3v) is 15.9. The lowest BCUT2D eigenvalue weighted by Gasteiger charge is -2.33. The maximum atomic E-state index is 2.51. The van der Waals surface area contributed by atoms with E-state index in [0.29, 0.717) is 0 Å². The Balaban J connectivity index is 0.971. The monoisotopic (exact) mass is 918 g/mol. The van der Waals surface area contributed by atoms with E-state index in [0.717, 1.165) is 34.1 Å². The molecule has 3 aliphatic rings. The van der Waals surface area contributed by atoms with Crippen LogP contribution in [0.25, 0.3) is 55.6 Å². The second-order valence-electron chi connectivity index (χ2n) is 20.0. The van der Waals surface area contributed by atoms with Crippen LogP contribution in [0.1, 0.15) is 47.2 Å². The van der Waals surface area contributed by atoms with Crippen LogP contribution in [0.4, 0.5) is 34.1 Å². The van der Waals surface area contributed by atoms with E-state index in [2.05, 4.69) is 291 Å². The van der Waals surface area contributed by atoms with E-state index in [1.54, 1.807) is 0 Å². The molecule has 0 saturated carbocycles. The summed E-state index contributed by atoms with van der Waals surface area (Å²) in [5, 5.41) is 0. The zero-order valence-corrected chi connectivity index (χ0v) is 40.3. The second kappa shape index (κ2) is 16.3. The first-order valence-corrected chi connectivity index (χ1v) is 25.2. The van der Waals surface area contributed by atoms with Gasteiger partial charge in [-0.15, -0.1) is 0 Å². The van der Waals surface area contributed by atoms with E-state index in [4.69, 9.17) is 0 Å². The van der Waals surface area contributed by atoms with E-state index in [1.165, 1.54) is 89.0 Å². The minimum Gasteiger partial charge on any atom is -0.310 e. The number of benzene rings is 11. The van der Waals surface area contributed by atoms with Gasteiger partial charge in [0.15, 0.2) is 0 Å². The fourth-order valence-corrected chi connectivity index (χ4v) is 12.6. The first-order chi connectivity index (χ1) is 35.5. The summed E-state index contributed by atoms with van der Waals surface area (Å²) in [7, 11) is 0. The van der Waals surface area contributed by atoms with Crippen LogP contribution in [0, 0.1) is 0 Å². The number of anilines is 6. The summed E-state index contributed by atoms with van der Waals surface area (Å²) in [6.45, 7) is 4.74. The van der Waals surface area contributed by atoms with Gasteiger partial charge in [-0.1, -0.05) is 208 Å². The molecule has 0 heterocycles. The SMILES string of the molecule is CC1(C)c2ccccc2-c2ccc(N(c3ccccc3)c3ccc4c(c3)C3(c5ccccc5-c5ccccc53)c3cc(N(c5ccc(-c6ccccc6)cc5)c5ccc(-c6ccccc6)cc5)ccc3-4)cc21. The molecule has 0 aromatic heterocycles. The lowest BCUT2D eigenvalue weighted by atomic mass is 9.70. The van der Waals surface area contributed by atoms with Gasteiger partial charge in [-0.2, -0.15) is 0 Å². The fourth-order valence-electron chi connectivity index (χ4n) is 12.6. The summed E-state index contributed by atoms with van der Waals surface area (Å²) in [6, 6.07) is 99.1. The Bertz CT molecular complexity index is 3740. The second-order valence-corrected chi connectivity index (χ2v) is 20.0. The van der Waals surface area contributed by atoms with E-state index in [1.807, 2.05) is 0 Å². The van der Waals surface area contributed by atoms with Gasteiger partial charge in [0.25, 0.3) is 0 Å². The maximum absolute atomic E-state index is 2.51. The molecule has 0 fully saturated rings. The summed E-state index contributed by atoms with van der Waals surface area (Å²) in [4.78, 5) is 4.90. The first kappa shape index (κ1) is 41.9. The Kier molecular flexibility index (Phi) is 9.50. The number of rotatable bonds is 8. The molecule has 1 spiro atoms. The van der Waals surface area contributed by atoms with Gasteiger partial charge in [0.05, 0.1) is 5.41 Å². The summed E-state index contributed by atoms with van der Waals surface area (Å²) in [6.07, 6.45) is 0. The average Bonchev–Trinajstić information content (AvgIpc) is 4.00. The van der Waals surface area contributed by atoms with E-state index < -0.39 is 5.41 Å². The van der Waals surface area contributed by atoms with E-state index >= 15 is 0 Å². The van der Waals surface area contributed by atoms with Gasteiger partial charge in [-0.25, -0.2) is 0 Å². The molecule has 0 unspecified atom stereocenters. The minimum absolute atomic E-state index is 0.134. The number of hydrogen-bond donors (Lipinski definition) is 0. The Labute approximate surface area is 422 Å². The van der Waals surface area contributed by atoms with Crippen LogP contribution in [0.5, 0.6) is 0 Å². The smallest absolute Gasteiger partial charge is 0.0727 e. The zero-order chi connectivity index (χ0) is 48.0. The molecule has 0 N–H and O–H groups in total. The molecule has 0 amide bonds. The van der Waals surface area contributed by atoms with E-state index in [-0.39, 0.29) is 5.41 Å². The zero-order valence-electron chi connectivity index (χ0n) is 40.3. The Hall–Kier alpha value is -8.98. The molecule has 14 rings (SSSR count). The van der Waals surface area contributed by atoms with Crippen LogP contribution in [0.3, 0.4) is 0 Å². The molecule has 0 radical (unpaired) electrons. The topological polar surface area (TPSA) is 6.48 Å². The number of nitrogens with zero attached hydrogens (tertiary/aromatic N) is 2. The van der Waals surface area contributed by atoms with Gasteiger partial charge in [-0.3, -0.25) is 0 Å². The van der Waals surface area contributed by atoms with Gasteiger partial charge in [0, 0.05) is 39.5 Å². The summed E-state index contributed by atoms with van der Waals surface area (Å²) in [5.74, 6) is 0. The molecule has 0 bridgehead atoms. The molecular weight excluding hydrogens is 869 g/mol. The largest absolute Gasteiger partial charge is 0.310 e. The maximum Gasteiger partial charge on any atom is 0.0727 e. The van der Waals surface area contributed by atoms with Crippen molar-refractivity contribution in [1.29, 1.82) is 0 Å². The van der Waals surface area contributed by atoms with Crippen LogP contribution in [0.2, 0.25) is 0 Å². The lowest BCUT2D eigenvalue weighted by Crippen LogP contribution is -2.26. The first-order valence-electron chi connectivity index (χ1n) is 25.2. The van der Waals surface area contributed by atoms with Crippen molar-refractivity contribution in [2.24, 2.45) is 0 Å². The highest BCUT2D eigenvalue weighted by atomic mass is 15.1. The molecule has 11 aromatic rings. The van der Waals surface area contributed by atoms with Crippen LogP contribution >= 0.6 is 0 Å². The third-order valence-electron chi connectivity index (χ3n) is 15.9. The highest BCUT2D eigenvalue weighted by Crippen LogP contribution is 2.64.